The van der Waals surface area contributed by atoms with Gasteiger partial charge in [-0.05, 0) is 0 Å². The van der Waals surface area contributed by atoms with Crippen LogP contribution in [0.25, 0.3) is 6.08 Å². The summed E-state index contributed by atoms with van der Waals surface area (Å²) < 4.78 is 1.59. The molecule has 0 aromatic heterocycles. The first-order valence-electron chi connectivity index (χ1n) is 6.56. The van der Waals surface area contributed by atoms with E-state index in [-0.39, 0.29) is 0 Å². The van der Waals surface area contributed by atoms with Crippen LogP contribution in [0.3, 0.4) is 0 Å². The minimum atomic E-state index is -2.08. The van der Waals surface area contributed by atoms with Crippen LogP contribution in [0.5, 0.6) is 0 Å². The fourth-order valence-corrected chi connectivity index (χ4v) is 8.11. The van der Waals surface area contributed by atoms with Gasteiger partial charge in [-0.3, -0.25) is 0 Å². The van der Waals surface area contributed by atoms with Gasteiger partial charge in [0.05, 0.1) is 0 Å². The predicted molar refractivity (Wildman–Crippen MR) is 90.1 cm³/mol. The quantitative estimate of drug-likeness (QED) is 0.488. The van der Waals surface area contributed by atoms with Crippen molar-refractivity contribution in [3.8, 4) is 0 Å². The number of benzene rings is 2. The van der Waals surface area contributed by atoms with Crippen molar-refractivity contribution in [1.29, 1.82) is 0 Å². The van der Waals surface area contributed by atoms with Crippen LogP contribution in [0.2, 0.25) is 14.8 Å². The molecule has 98 valence electrons. The van der Waals surface area contributed by atoms with Gasteiger partial charge in [-0.2, -0.15) is 0 Å². The molecule has 0 N–H and O–H groups in total. The van der Waals surface area contributed by atoms with E-state index in [9.17, 15) is 0 Å². The number of rotatable bonds is 4. The predicted octanol–water partition coefficient (Wildman–Crippen LogP) is 5.70. The van der Waals surface area contributed by atoms with Gasteiger partial charge in [0.1, 0.15) is 0 Å². The molecule has 0 heterocycles. The summed E-state index contributed by atoms with van der Waals surface area (Å²) in [5, 5.41) is 0. The van der Waals surface area contributed by atoms with Gasteiger partial charge >= 0.3 is 125 Å². The monoisotopic (exact) mass is 376 g/mol. The number of hydrogen-bond donors (Lipinski definition) is 0. The first-order chi connectivity index (χ1) is 9.05. The molecule has 0 fully saturated rings. The average molecular weight is 375 g/mol. The second kappa shape index (κ2) is 6.67. The third-order valence-corrected chi connectivity index (χ3v) is 13.3. The fraction of sp³-hybridized carbons (Fsp3) is 0.176. The van der Waals surface area contributed by atoms with Crippen LogP contribution in [0.1, 0.15) is 5.56 Å². The van der Waals surface area contributed by atoms with Crippen molar-refractivity contribution in [2.24, 2.45) is 0 Å². The van der Waals surface area contributed by atoms with E-state index in [2.05, 4.69) is 81.6 Å². The summed E-state index contributed by atoms with van der Waals surface area (Å²) in [5.74, 6) is 0. The van der Waals surface area contributed by atoms with E-state index in [1.807, 2.05) is 11.8 Å². The van der Waals surface area contributed by atoms with Gasteiger partial charge in [0, 0.05) is 0 Å². The molecule has 2 aromatic carbocycles. The van der Waals surface area contributed by atoms with E-state index >= 15 is 0 Å². The molecule has 0 saturated carbocycles. The SMILES string of the molecule is [CH3][Sn]([CH3])([CH3])[C](=Cc1ccccc1)Sc1ccccc1. The van der Waals surface area contributed by atoms with Crippen molar-refractivity contribution in [2.45, 2.75) is 19.7 Å². The molecule has 0 aliphatic heterocycles. The third-order valence-electron chi connectivity index (χ3n) is 2.81. The van der Waals surface area contributed by atoms with Crippen LogP contribution in [0.4, 0.5) is 0 Å². The minimum absolute atomic E-state index is 1.31. The summed E-state index contributed by atoms with van der Waals surface area (Å²) in [5.41, 5.74) is 1.31. The fourth-order valence-electron chi connectivity index (χ4n) is 1.72. The average Bonchev–Trinajstić information content (AvgIpc) is 2.39. The molecule has 19 heavy (non-hydrogen) atoms. The Labute approximate surface area is 124 Å². The zero-order valence-corrected chi connectivity index (χ0v) is 15.4. The second-order valence-corrected chi connectivity index (χ2v) is 22.1. The molecule has 2 heteroatoms. The Morgan fingerprint density at radius 1 is 0.842 bits per heavy atom. The van der Waals surface area contributed by atoms with Crippen molar-refractivity contribution in [3.05, 3.63) is 69.1 Å². The van der Waals surface area contributed by atoms with Crippen LogP contribution in [0, 0.1) is 0 Å². The second-order valence-electron chi connectivity index (χ2n) is 5.58. The molecule has 0 aliphatic rings. The molecule has 0 amide bonds. The van der Waals surface area contributed by atoms with Gasteiger partial charge < -0.3 is 0 Å². The van der Waals surface area contributed by atoms with E-state index in [0.717, 1.165) is 0 Å². The van der Waals surface area contributed by atoms with Crippen molar-refractivity contribution in [3.63, 3.8) is 0 Å². The van der Waals surface area contributed by atoms with Crippen molar-refractivity contribution >= 4 is 36.2 Å². The first-order valence-corrected chi connectivity index (χ1v) is 17.4. The molecule has 0 saturated heterocycles. The zero-order chi connectivity index (χ0) is 13.7. The Morgan fingerprint density at radius 2 is 1.37 bits per heavy atom. The molecule has 0 unspecified atom stereocenters. The zero-order valence-electron chi connectivity index (χ0n) is 11.8. The Hall–Kier alpha value is -0.671. The normalized spacial score (nSPS) is 12.5. The summed E-state index contributed by atoms with van der Waals surface area (Å²) >= 11 is -0.140. The van der Waals surface area contributed by atoms with E-state index in [1.165, 1.54) is 10.5 Å². The summed E-state index contributed by atoms with van der Waals surface area (Å²) in [6.45, 7) is 0. The summed E-state index contributed by atoms with van der Waals surface area (Å²) in [7, 11) is 0. The maximum atomic E-state index is 2.47. The summed E-state index contributed by atoms with van der Waals surface area (Å²) in [6, 6.07) is 21.3. The molecule has 0 nitrogen and oxygen atoms in total. The Bertz CT molecular complexity index is 538. The molecular formula is C17H20SSn. The standard InChI is InChI=1S/C14H11S.3CH3.Sn/c1-3-7-13(8-4-1)11-12-15-14-9-5-2-6-10-14;;;;/h1-11H;3*1H3;. The number of hydrogen-bond acceptors (Lipinski definition) is 1. The number of thioether (sulfide) groups is 1. The van der Waals surface area contributed by atoms with Gasteiger partial charge in [0.25, 0.3) is 0 Å². The van der Waals surface area contributed by atoms with Crippen molar-refractivity contribution in [2.75, 3.05) is 0 Å². The van der Waals surface area contributed by atoms with Gasteiger partial charge in [0.2, 0.25) is 0 Å². The molecule has 0 radical (unpaired) electrons. The molecule has 2 rings (SSSR count). The molecule has 0 bridgehead atoms. The van der Waals surface area contributed by atoms with Crippen LogP contribution < -0.4 is 0 Å². The van der Waals surface area contributed by atoms with Crippen LogP contribution >= 0.6 is 11.8 Å². The first kappa shape index (κ1) is 14.7. The van der Waals surface area contributed by atoms with E-state index in [1.54, 1.807) is 2.92 Å². The Kier molecular flexibility index (Phi) is 5.17. The van der Waals surface area contributed by atoms with Gasteiger partial charge in [-0.25, -0.2) is 0 Å². The van der Waals surface area contributed by atoms with Crippen molar-refractivity contribution in [1.82, 2.24) is 0 Å². The van der Waals surface area contributed by atoms with E-state index in [0.29, 0.717) is 0 Å². The Morgan fingerprint density at radius 3 is 1.89 bits per heavy atom. The maximum absolute atomic E-state index is 2.47. The molecule has 0 aliphatic carbocycles. The van der Waals surface area contributed by atoms with Crippen molar-refractivity contribution < 1.29 is 0 Å². The molecule has 0 atom stereocenters. The molecule has 0 spiro atoms. The summed E-state index contributed by atoms with van der Waals surface area (Å²) in [6.07, 6.45) is 2.38. The van der Waals surface area contributed by atoms with Gasteiger partial charge in [0.15, 0.2) is 0 Å². The van der Waals surface area contributed by atoms with Crippen LogP contribution in [0.15, 0.2) is 68.5 Å². The third kappa shape index (κ3) is 4.73. The molecule has 2 aromatic rings. The summed E-state index contributed by atoms with van der Waals surface area (Å²) in [4.78, 5) is 8.76. The van der Waals surface area contributed by atoms with E-state index in [4.69, 9.17) is 0 Å². The van der Waals surface area contributed by atoms with E-state index < -0.39 is 18.4 Å². The van der Waals surface area contributed by atoms with Crippen LogP contribution in [-0.2, 0) is 0 Å². The van der Waals surface area contributed by atoms with Gasteiger partial charge in [-0.1, -0.05) is 0 Å². The Balaban J connectivity index is 2.30. The molecular weight excluding hydrogens is 355 g/mol. The van der Waals surface area contributed by atoms with Crippen LogP contribution in [-0.4, -0.2) is 18.4 Å². The van der Waals surface area contributed by atoms with Gasteiger partial charge in [-0.15, -0.1) is 0 Å². The topological polar surface area (TPSA) is 0 Å².